The SMILES string of the molecule is Cc1ncsc1CN(C)S(=O)(=O)c1ccc(CN)o1. The summed E-state index contributed by atoms with van der Waals surface area (Å²) in [4.78, 5) is 5.01. The lowest BCUT2D eigenvalue weighted by atomic mass is 10.4. The van der Waals surface area contributed by atoms with Crippen LogP contribution in [0.15, 0.2) is 27.2 Å². The summed E-state index contributed by atoms with van der Waals surface area (Å²) in [7, 11) is -2.12. The molecular weight excluding hydrogens is 286 g/mol. The monoisotopic (exact) mass is 301 g/mol. The van der Waals surface area contributed by atoms with Crippen LogP contribution >= 0.6 is 11.3 Å². The van der Waals surface area contributed by atoms with Crippen molar-refractivity contribution in [3.05, 3.63) is 34.0 Å². The van der Waals surface area contributed by atoms with E-state index in [1.165, 1.54) is 28.8 Å². The third-order valence-corrected chi connectivity index (χ3v) is 5.31. The molecule has 2 rings (SSSR count). The van der Waals surface area contributed by atoms with Gasteiger partial charge in [-0.1, -0.05) is 0 Å². The summed E-state index contributed by atoms with van der Waals surface area (Å²) in [5, 5.41) is -0.0855. The van der Waals surface area contributed by atoms with Gasteiger partial charge in [0.1, 0.15) is 5.76 Å². The topological polar surface area (TPSA) is 89.4 Å². The van der Waals surface area contributed by atoms with E-state index < -0.39 is 10.0 Å². The summed E-state index contributed by atoms with van der Waals surface area (Å²) in [6.45, 7) is 2.30. The molecule has 0 atom stereocenters. The quantitative estimate of drug-likeness (QED) is 0.899. The van der Waals surface area contributed by atoms with E-state index in [0.29, 0.717) is 5.76 Å². The number of nitrogens with zero attached hydrogens (tertiary/aromatic N) is 2. The molecule has 0 radical (unpaired) electrons. The highest BCUT2D eigenvalue weighted by Crippen LogP contribution is 2.21. The molecule has 8 heteroatoms. The Hall–Kier alpha value is -1.22. The van der Waals surface area contributed by atoms with Crippen LogP contribution < -0.4 is 5.73 Å². The largest absolute Gasteiger partial charge is 0.447 e. The molecule has 0 aliphatic carbocycles. The van der Waals surface area contributed by atoms with E-state index in [9.17, 15) is 8.42 Å². The molecule has 0 saturated carbocycles. The fraction of sp³-hybridized carbons (Fsp3) is 0.364. The van der Waals surface area contributed by atoms with Gasteiger partial charge in [0.25, 0.3) is 10.0 Å². The van der Waals surface area contributed by atoms with Crippen molar-refractivity contribution < 1.29 is 12.8 Å². The third kappa shape index (κ3) is 2.86. The lowest BCUT2D eigenvalue weighted by Gasteiger charge is -2.14. The first kappa shape index (κ1) is 14.2. The average molecular weight is 301 g/mol. The van der Waals surface area contributed by atoms with E-state index in [-0.39, 0.29) is 18.2 Å². The van der Waals surface area contributed by atoms with Gasteiger partial charge in [-0.05, 0) is 19.1 Å². The number of rotatable bonds is 5. The minimum absolute atomic E-state index is 0.0855. The number of thiazole rings is 1. The lowest BCUT2D eigenvalue weighted by molar-refractivity contribution is 0.388. The first-order valence-corrected chi connectivity index (χ1v) is 7.91. The van der Waals surface area contributed by atoms with Crippen molar-refractivity contribution >= 4 is 21.4 Å². The summed E-state index contributed by atoms with van der Waals surface area (Å²) in [6, 6.07) is 2.99. The number of sulfonamides is 1. The van der Waals surface area contributed by atoms with Crippen LogP contribution in [0.2, 0.25) is 0 Å². The molecule has 0 aliphatic rings. The summed E-state index contributed by atoms with van der Waals surface area (Å²) >= 11 is 1.43. The number of aromatic nitrogens is 1. The number of furan rings is 1. The molecule has 0 saturated heterocycles. The highest BCUT2D eigenvalue weighted by Gasteiger charge is 2.25. The smallest absolute Gasteiger partial charge is 0.276 e. The van der Waals surface area contributed by atoms with Crippen molar-refractivity contribution in [2.24, 2.45) is 5.73 Å². The molecule has 2 N–H and O–H groups in total. The predicted octanol–water partition coefficient (Wildman–Crippen LogP) is 1.32. The summed E-state index contributed by atoms with van der Waals surface area (Å²) in [5.41, 5.74) is 7.94. The number of nitrogens with two attached hydrogens (primary N) is 1. The van der Waals surface area contributed by atoms with Gasteiger partial charge in [-0.15, -0.1) is 11.3 Å². The molecular formula is C11H15N3O3S2. The number of aryl methyl sites for hydroxylation is 1. The summed E-state index contributed by atoms with van der Waals surface area (Å²) < 4.78 is 31.0. The number of hydrogen-bond acceptors (Lipinski definition) is 6. The van der Waals surface area contributed by atoms with Gasteiger partial charge in [0, 0.05) is 18.5 Å². The van der Waals surface area contributed by atoms with Crippen LogP contribution in [0, 0.1) is 6.92 Å². The van der Waals surface area contributed by atoms with E-state index in [1.807, 2.05) is 6.92 Å². The van der Waals surface area contributed by atoms with E-state index in [1.54, 1.807) is 11.6 Å². The highest BCUT2D eigenvalue weighted by molar-refractivity contribution is 7.88. The van der Waals surface area contributed by atoms with Crippen molar-refractivity contribution in [2.75, 3.05) is 7.05 Å². The van der Waals surface area contributed by atoms with Gasteiger partial charge in [0.05, 0.1) is 17.7 Å². The third-order valence-electron chi connectivity index (χ3n) is 2.71. The van der Waals surface area contributed by atoms with Crippen LogP contribution in [0.4, 0.5) is 0 Å². The second-order valence-electron chi connectivity index (χ2n) is 4.05. The molecule has 2 aromatic rings. The van der Waals surface area contributed by atoms with Gasteiger partial charge in [0.15, 0.2) is 0 Å². The van der Waals surface area contributed by atoms with Crippen LogP contribution in [0.3, 0.4) is 0 Å². The van der Waals surface area contributed by atoms with Gasteiger partial charge >= 0.3 is 0 Å². The van der Waals surface area contributed by atoms with Crippen molar-refractivity contribution in [3.8, 4) is 0 Å². The van der Waals surface area contributed by atoms with Crippen LogP contribution in [0.5, 0.6) is 0 Å². The average Bonchev–Trinajstić information content (AvgIpc) is 2.99. The molecule has 0 aliphatic heterocycles. The van der Waals surface area contributed by atoms with E-state index in [4.69, 9.17) is 10.2 Å². The van der Waals surface area contributed by atoms with Crippen molar-refractivity contribution in [2.45, 2.75) is 25.1 Å². The molecule has 0 fully saturated rings. The normalized spacial score (nSPS) is 12.2. The molecule has 0 spiro atoms. The fourth-order valence-corrected chi connectivity index (χ4v) is 3.50. The molecule has 2 heterocycles. The maximum atomic E-state index is 12.3. The maximum Gasteiger partial charge on any atom is 0.276 e. The number of hydrogen-bond donors (Lipinski definition) is 1. The molecule has 19 heavy (non-hydrogen) atoms. The van der Waals surface area contributed by atoms with Gasteiger partial charge in [-0.3, -0.25) is 0 Å². The summed E-state index contributed by atoms with van der Waals surface area (Å²) in [5.74, 6) is 0.445. The highest BCUT2D eigenvalue weighted by atomic mass is 32.2. The van der Waals surface area contributed by atoms with Crippen LogP contribution in [-0.2, 0) is 23.1 Å². The zero-order valence-electron chi connectivity index (χ0n) is 10.7. The van der Waals surface area contributed by atoms with Crippen molar-refractivity contribution in [3.63, 3.8) is 0 Å². The first-order valence-electron chi connectivity index (χ1n) is 5.59. The Kier molecular flexibility index (Phi) is 4.04. The zero-order chi connectivity index (χ0) is 14.0. The second-order valence-corrected chi connectivity index (χ2v) is 6.96. The van der Waals surface area contributed by atoms with Crippen LogP contribution in [-0.4, -0.2) is 24.8 Å². The van der Waals surface area contributed by atoms with Gasteiger partial charge in [-0.2, -0.15) is 4.31 Å². The lowest BCUT2D eigenvalue weighted by Crippen LogP contribution is -2.26. The Labute approximate surface area is 115 Å². The Bertz CT molecular complexity index is 660. The molecule has 0 aromatic carbocycles. The predicted molar refractivity (Wildman–Crippen MR) is 72.1 cm³/mol. The molecule has 0 amide bonds. The molecule has 6 nitrogen and oxygen atoms in total. The standard InChI is InChI=1S/C11H15N3O3S2/c1-8-10(18-7-13-8)6-14(2)19(15,16)11-4-3-9(5-12)17-11/h3-4,7H,5-6,12H2,1-2H3. The zero-order valence-corrected chi connectivity index (χ0v) is 12.3. The molecule has 0 bridgehead atoms. The van der Waals surface area contributed by atoms with Crippen LogP contribution in [0.1, 0.15) is 16.3 Å². The van der Waals surface area contributed by atoms with Crippen LogP contribution in [0.25, 0.3) is 0 Å². The van der Waals surface area contributed by atoms with Gasteiger partial charge < -0.3 is 10.2 Å². The fourth-order valence-electron chi connectivity index (χ4n) is 1.53. The minimum atomic E-state index is -3.63. The summed E-state index contributed by atoms with van der Waals surface area (Å²) in [6.07, 6.45) is 0. The second kappa shape index (κ2) is 5.41. The molecule has 0 unspecified atom stereocenters. The molecule has 104 valence electrons. The van der Waals surface area contributed by atoms with Gasteiger partial charge in [-0.25, -0.2) is 13.4 Å². The van der Waals surface area contributed by atoms with Crippen molar-refractivity contribution in [1.29, 1.82) is 0 Å². The van der Waals surface area contributed by atoms with Gasteiger partial charge in [0.2, 0.25) is 5.09 Å². The maximum absolute atomic E-state index is 12.3. The Morgan fingerprint density at radius 3 is 2.74 bits per heavy atom. The van der Waals surface area contributed by atoms with E-state index >= 15 is 0 Å². The van der Waals surface area contributed by atoms with E-state index in [0.717, 1.165) is 10.6 Å². The Morgan fingerprint density at radius 2 is 2.21 bits per heavy atom. The van der Waals surface area contributed by atoms with Crippen molar-refractivity contribution in [1.82, 2.24) is 9.29 Å². The van der Waals surface area contributed by atoms with E-state index in [2.05, 4.69) is 4.98 Å². The molecule has 2 aromatic heterocycles. The Morgan fingerprint density at radius 1 is 1.47 bits per heavy atom. The first-order chi connectivity index (χ1) is 8.95. The Balaban J connectivity index is 2.22. The minimum Gasteiger partial charge on any atom is -0.447 e.